The van der Waals surface area contributed by atoms with Crippen LogP contribution in [0.1, 0.15) is 43.9 Å². The van der Waals surface area contributed by atoms with Gasteiger partial charge in [0.25, 0.3) is 0 Å². The minimum Gasteiger partial charge on any atom is -0.477 e. The second kappa shape index (κ2) is 6.60. The van der Waals surface area contributed by atoms with Crippen molar-refractivity contribution in [2.24, 2.45) is 5.92 Å². The number of nitrogens with one attached hydrogen (secondary N) is 1. The van der Waals surface area contributed by atoms with Crippen molar-refractivity contribution >= 4 is 27.5 Å². The van der Waals surface area contributed by atoms with Crippen LogP contribution in [-0.2, 0) is 0 Å². The highest BCUT2D eigenvalue weighted by atomic mass is 32.1. The molecule has 1 saturated carbocycles. The highest BCUT2D eigenvalue weighted by Gasteiger charge is 2.17. The van der Waals surface area contributed by atoms with Gasteiger partial charge >= 0.3 is 0 Å². The molecular weight excluding hydrogens is 282 g/mol. The number of anilines is 1. The monoisotopic (exact) mass is 305 g/mol. The van der Waals surface area contributed by atoms with Gasteiger partial charge in [0.15, 0.2) is 0 Å². The lowest BCUT2D eigenvalue weighted by molar-refractivity contribution is 0.205. The van der Waals surface area contributed by atoms with Crippen molar-refractivity contribution < 1.29 is 4.74 Å². The Bertz CT molecular complexity index is 605. The van der Waals surface area contributed by atoms with E-state index in [4.69, 9.17) is 4.74 Å². The standard InChI is InChI=1S/C16H23N3OS/c1-3-17-16-18-14(13-9-11(2)21-15(13)19-16)20-10-12-7-5-4-6-8-12/h9,12H,3-8,10H2,1-2H3,(H,17,18,19). The van der Waals surface area contributed by atoms with Crippen LogP contribution in [0.2, 0.25) is 0 Å². The van der Waals surface area contributed by atoms with E-state index in [1.165, 1.54) is 37.0 Å². The lowest BCUT2D eigenvalue weighted by atomic mass is 9.90. The van der Waals surface area contributed by atoms with Crippen LogP contribution < -0.4 is 10.1 Å². The number of ether oxygens (including phenoxy) is 1. The molecule has 114 valence electrons. The zero-order valence-corrected chi connectivity index (χ0v) is 13.6. The Morgan fingerprint density at radius 3 is 2.86 bits per heavy atom. The van der Waals surface area contributed by atoms with Gasteiger partial charge in [0, 0.05) is 11.4 Å². The van der Waals surface area contributed by atoms with Crippen molar-refractivity contribution in [3.05, 3.63) is 10.9 Å². The van der Waals surface area contributed by atoms with Crippen molar-refractivity contribution in [3.63, 3.8) is 0 Å². The number of thiophene rings is 1. The number of aryl methyl sites for hydroxylation is 1. The number of aromatic nitrogens is 2. The van der Waals surface area contributed by atoms with E-state index in [0.29, 0.717) is 11.9 Å². The fraction of sp³-hybridized carbons (Fsp3) is 0.625. The molecule has 0 radical (unpaired) electrons. The molecule has 2 aromatic rings. The highest BCUT2D eigenvalue weighted by Crippen LogP contribution is 2.32. The lowest BCUT2D eigenvalue weighted by Crippen LogP contribution is -2.16. The van der Waals surface area contributed by atoms with Crippen molar-refractivity contribution in [1.29, 1.82) is 0 Å². The first-order chi connectivity index (χ1) is 10.3. The van der Waals surface area contributed by atoms with Gasteiger partial charge in [-0.1, -0.05) is 19.3 Å². The van der Waals surface area contributed by atoms with E-state index in [9.17, 15) is 0 Å². The number of rotatable bonds is 5. The highest BCUT2D eigenvalue weighted by molar-refractivity contribution is 7.18. The molecule has 0 aromatic carbocycles. The number of hydrogen-bond acceptors (Lipinski definition) is 5. The van der Waals surface area contributed by atoms with Gasteiger partial charge < -0.3 is 10.1 Å². The molecule has 2 heterocycles. The van der Waals surface area contributed by atoms with Crippen molar-refractivity contribution in [2.45, 2.75) is 46.0 Å². The molecule has 5 heteroatoms. The summed E-state index contributed by atoms with van der Waals surface area (Å²) in [4.78, 5) is 11.4. The van der Waals surface area contributed by atoms with Gasteiger partial charge in [-0.3, -0.25) is 0 Å². The Balaban J connectivity index is 1.81. The Kier molecular flexibility index (Phi) is 4.58. The SMILES string of the molecule is CCNc1nc(OCC2CCCCC2)c2cc(C)sc2n1. The first-order valence-corrected chi connectivity index (χ1v) is 8.72. The summed E-state index contributed by atoms with van der Waals surface area (Å²) >= 11 is 1.70. The predicted octanol–water partition coefficient (Wildman–Crippen LogP) is 4.39. The molecule has 0 atom stereocenters. The smallest absolute Gasteiger partial charge is 0.227 e. The minimum atomic E-state index is 0.672. The third-order valence-corrected chi connectivity index (χ3v) is 4.94. The summed E-state index contributed by atoms with van der Waals surface area (Å²) in [5.41, 5.74) is 0. The van der Waals surface area contributed by atoms with E-state index >= 15 is 0 Å². The van der Waals surface area contributed by atoms with E-state index < -0.39 is 0 Å². The van der Waals surface area contributed by atoms with Crippen molar-refractivity contribution in [1.82, 2.24) is 9.97 Å². The second-order valence-corrected chi connectivity index (χ2v) is 7.01. The molecule has 4 nitrogen and oxygen atoms in total. The fourth-order valence-corrected chi connectivity index (χ4v) is 3.78. The molecule has 0 amide bonds. The first kappa shape index (κ1) is 14.6. The Morgan fingerprint density at radius 1 is 1.29 bits per heavy atom. The zero-order valence-electron chi connectivity index (χ0n) is 12.8. The Hall–Kier alpha value is -1.36. The van der Waals surface area contributed by atoms with Gasteiger partial charge in [0.05, 0.1) is 12.0 Å². The zero-order chi connectivity index (χ0) is 14.7. The van der Waals surface area contributed by atoms with Crippen LogP contribution in [-0.4, -0.2) is 23.1 Å². The van der Waals surface area contributed by atoms with Crippen molar-refractivity contribution in [3.8, 4) is 5.88 Å². The quantitative estimate of drug-likeness (QED) is 0.890. The van der Waals surface area contributed by atoms with E-state index in [0.717, 1.165) is 29.2 Å². The largest absolute Gasteiger partial charge is 0.477 e. The lowest BCUT2D eigenvalue weighted by Gasteiger charge is -2.21. The molecule has 1 N–H and O–H groups in total. The molecule has 0 spiro atoms. The molecule has 0 saturated heterocycles. The van der Waals surface area contributed by atoms with Crippen LogP contribution >= 0.6 is 11.3 Å². The maximum absolute atomic E-state index is 6.07. The van der Waals surface area contributed by atoms with Crippen LogP contribution in [0.4, 0.5) is 5.95 Å². The first-order valence-electron chi connectivity index (χ1n) is 7.91. The summed E-state index contributed by atoms with van der Waals surface area (Å²) in [6, 6.07) is 2.13. The summed E-state index contributed by atoms with van der Waals surface area (Å²) in [6.07, 6.45) is 6.64. The third-order valence-electron chi connectivity index (χ3n) is 4.00. The van der Waals surface area contributed by atoms with E-state index in [2.05, 4.69) is 35.2 Å². The molecule has 0 aliphatic heterocycles. The van der Waals surface area contributed by atoms with E-state index in [1.807, 2.05) is 0 Å². The van der Waals surface area contributed by atoms with Gasteiger partial charge in [-0.05, 0) is 38.7 Å². The number of fused-ring (bicyclic) bond motifs is 1. The second-order valence-electron chi connectivity index (χ2n) is 5.77. The summed E-state index contributed by atoms with van der Waals surface area (Å²) in [5.74, 6) is 2.10. The molecular formula is C16H23N3OS. The summed E-state index contributed by atoms with van der Waals surface area (Å²) in [7, 11) is 0. The molecule has 1 aliphatic rings. The van der Waals surface area contributed by atoms with Gasteiger partial charge in [-0.2, -0.15) is 4.98 Å². The van der Waals surface area contributed by atoms with E-state index in [1.54, 1.807) is 11.3 Å². The van der Waals surface area contributed by atoms with Crippen LogP contribution in [0, 0.1) is 12.8 Å². The summed E-state index contributed by atoms with van der Waals surface area (Å²) in [6.45, 7) is 5.75. The van der Waals surface area contributed by atoms with Crippen LogP contribution in [0.5, 0.6) is 5.88 Å². The molecule has 0 unspecified atom stereocenters. The van der Waals surface area contributed by atoms with Gasteiger partial charge in [-0.25, -0.2) is 4.98 Å². The van der Waals surface area contributed by atoms with Crippen LogP contribution in [0.3, 0.4) is 0 Å². The molecule has 0 bridgehead atoms. The molecule has 1 aliphatic carbocycles. The number of hydrogen-bond donors (Lipinski definition) is 1. The average Bonchev–Trinajstić information content (AvgIpc) is 2.86. The predicted molar refractivity (Wildman–Crippen MR) is 88.4 cm³/mol. The van der Waals surface area contributed by atoms with Gasteiger partial charge in [0.1, 0.15) is 4.83 Å². The Morgan fingerprint density at radius 2 is 2.10 bits per heavy atom. The number of nitrogens with zero attached hydrogens (tertiary/aromatic N) is 2. The third kappa shape index (κ3) is 3.46. The molecule has 21 heavy (non-hydrogen) atoms. The molecule has 1 fully saturated rings. The molecule has 3 rings (SSSR count). The maximum Gasteiger partial charge on any atom is 0.227 e. The minimum absolute atomic E-state index is 0.672. The van der Waals surface area contributed by atoms with Gasteiger partial charge in [-0.15, -0.1) is 11.3 Å². The van der Waals surface area contributed by atoms with Crippen LogP contribution in [0.25, 0.3) is 10.2 Å². The summed E-state index contributed by atoms with van der Waals surface area (Å²) < 4.78 is 6.07. The topological polar surface area (TPSA) is 47.0 Å². The fourth-order valence-electron chi connectivity index (χ4n) is 2.91. The van der Waals surface area contributed by atoms with Crippen molar-refractivity contribution in [2.75, 3.05) is 18.5 Å². The van der Waals surface area contributed by atoms with Gasteiger partial charge in [0.2, 0.25) is 11.8 Å². The molecule has 2 aromatic heterocycles. The average molecular weight is 305 g/mol. The normalized spacial score (nSPS) is 16.3. The van der Waals surface area contributed by atoms with E-state index in [-0.39, 0.29) is 0 Å². The Labute approximate surface area is 129 Å². The van der Waals surface area contributed by atoms with Crippen LogP contribution in [0.15, 0.2) is 6.07 Å². The maximum atomic E-state index is 6.07. The summed E-state index contributed by atoms with van der Waals surface area (Å²) in [5, 5.41) is 4.24.